The Labute approximate surface area is 172 Å². The number of methoxy groups -OCH3 is 1. The number of benzene rings is 1. The van der Waals surface area contributed by atoms with Crippen LogP contribution in [0.25, 0.3) is 10.2 Å². The van der Waals surface area contributed by atoms with Crippen molar-refractivity contribution in [3.63, 3.8) is 0 Å². The monoisotopic (exact) mass is 439 g/mol. The highest BCUT2D eigenvalue weighted by Gasteiger charge is 2.21. The first-order chi connectivity index (χ1) is 13.8. The van der Waals surface area contributed by atoms with E-state index in [4.69, 9.17) is 16.3 Å². The molecule has 8 nitrogen and oxygen atoms in total. The molecule has 0 unspecified atom stereocenters. The van der Waals surface area contributed by atoms with Gasteiger partial charge in [-0.25, -0.2) is 14.2 Å². The summed E-state index contributed by atoms with van der Waals surface area (Å²) in [4.78, 5) is 41.5. The number of halogens is 2. The lowest BCUT2D eigenvalue weighted by Gasteiger charge is -2.13. The van der Waals surface area contributed by atoms with Crippen molar-refractivity contribution in [3.8, 4) is 0 Å². The zero-order valence-corrected chi connectivity index (χ0v) is 16.6. The Bertz CT molecular complexity index is 1160. The summed E-state index contributed by atoms with van der Waals surface area (Å²) in [6.45, 7) is -0.158. The molecule has 0 saturated heterocycles. The number of thiophene rings is 1. The molecule has 29 heavy (non-hydrogen) atoms. The van der Waals surface area contributed by atoms with Gasteiger partial charge in [0.1, 0.15) is 23.0 Å². The fourth-order valence-corrected chi connectivity index (χ4v) is 3.79. The number of rotatable bonds is 7. The quantitative estimate of drug-likeness (QED) is 0.585. The van der Waals surface area contributed by atoms with Crippen molar-refractivity contribution in [3.05, 3.63) is 56.2 Å². The highest BCUT2D eigenvalue weighted by Crippen LogP contribution is 2.22. The molecule has 0 aliphatic rings. The first-order valence-electron chi connectivity index (χ1n) is 8.30. The van der Waals surface area contributed by atoms with Crippen molar-refractivity contribution in [1.82, 2.24) is 9.55 Å². The van der Waals surface area contributed by atoms with Crippen LogP contribution in [0, 0.1) is 5.82 Å². The van der Waals surface area contributed by atoms with E-state index in [1.165, 1.54) is 24.6 Å². The lowest BCUT2D eigenvalue weighted by Crippen LogP contribution is -2.32. The molecule has 0 radical (unpaired) electrons. The molecule has 2 aromatic heterocycles. The summed E-state index contributed by atoms with van der Waals surface area (Å²) < 4.78 is 19.4. The molecule has 3 aromatic rings. The number of aromatic nitrogens is 2. The molecular formula is C18H15ClFN3O5S. The molecule has 0 aliphatic carbocycles. The first-order valence-corrected chi connectivity index (χ1v) is 9.55. The SMILES string of the molecule is COCCc1nc2scc(C(=O)O)c2c(=O)n1CC(=O)Nc1ccc(F)c(Cl)c1. The summed E-state index contributed by atoms with van der Waals surface area (Å²) in [7, 11) is 1.49. The minimum Gasteiger partial charge on any atom is -0.478 e. The molecule has 0 fully saturated rings. The molecule has 0 saturated carbocycles. The van der Waals surface area contributed by atoms with E-state index in [1.54, 1.807) is 0 Å². The van der Waals surface area contributed by atoms with Crippen LogP contribution in [0.1, 0.15) is 16.2 Å². The highest BCUT2D eigenvalue weighted by atomic mass is 35.5. The van der Waals surface area contributed by atoms with E-state index in [-0.39, 0.29) is 45.3 Å². The van der Waals surface area contributed by atoms with Crippen LogP contribution in [-0.4, -0.2) is 40.3 Å². The Balaban J connectivity index is 1.98. The van der Waals surface area contributed by atoms with Gasteiger partial charge in [0, 0.05) is 24.6 Å². The Hall–Kier alpha value is -2.82. The number of ether oxygens (including phenoxy) is 1. The van der Waals surface area contributed by atoms with Crippen LogP contribution in [0.4, 0.5) is 10.1 Å². The highest BCUT2D eigenvalue weighted by molar-refractivity contribution is 7.17. The molecule has 2 heterocycles. The maximum absolute atomic E-state index is 13.3. The minimum absolute atomic E-state index is 0.0544. The zero-order chi connectivity index (χ0) is 21.1. The lowest BCUT2D eigenvalue weighted by molar-refractivity contribution is -0.116. The van der Waals surface area contributed by atoms with Gasteiger partial charge in [-0.15, -0.1) is 11.3 Å². The van der Waals surface area contributed by atoms with Gasteiger partial charge in [-0.3, -0.25) is 14.2 Å². The zero-order valence-electron chi connectivity index (χ0n) is 15.1. The number of carbonyl (C=O) groups excluding carboxylic acids is 1. The van der Waals surface area contributed by atoms with Gasteiger partial charge in [0.05, 0.1) is 22.6 Å². The number of carboxylic acid groups (broad SMARTS) is 1. The van der Waals surface area contributed by atoms with Crippen LogP contribution in [-0.2, 0) is 22.5 Å². The van der Waals surface area contributed by atoms with E-state index in [2.05, 4.69) is 10.3 Å². The number of fused-ring (bicyclic) bond motifs is 1. The number of hydrogen-bond acceptors (Lipinski definition) is 6. The summed E-state index contributed by atoms with van der Waals surface area (Å²) in [5.74, 6) is -2.18. The van der Waals surface area contributed by atoms with E-state index in [0.29, 0.717) is 0 Å². The first kappa shape index (κ1) is 20.9. The fourth-order valence-electron chi connectivity index (χ4n) is 2.69. The van der Waals surface area contributed by atoms with Crippen molar-refractivity contribution in [2.24, 2.45) is 0 Å². The van der Waals surface area contributed by atoms with Crippen molar-refractivity contribution in [2.75, 3.05) is 19.0 Å². The number of amides is 1. The number of aromatic carboxylic acids is 1. The van der Waals surface area contributed by atoms with Crippen LogP contribution in [0.15, 0.2) is 28.4 Å². The normalized spacial score (nSPS) is 11.0. The van der Waals surface area contributed by atoms with Gasteiger partial charge < -0.3 is 15.2 Å². The van der Waals surface area contributed by atoms with Crippen molar-refractivity contribution in [1.29, 1.82) is 0 Å². The maximum Gasteiger partial charge on any atom is 0.337 e. The third kappa shape index (κ3) is 4.44. The topological polar surface area (TPSA) is 111 Å². The number of carbonyl (C=O) groups is 2. The standard InChI is InChI=1S/C18H15ClFN3O5S/c1-28-5-4-13-22-16-15(10(8-29-16)18(26)27)17(25)23(13)7-14(24)21-9-2-3-12(20)11(19)6-9/h2-3,6,8H,4-5,7H2,1H3,(H,21,24)(H,26,27). The molecule has 2 N–H and O–H groups in total. The number of nitrogens with zero attached hydrogens (tertiary/aromatic N) is 2. The van der Waals surface area contributed by atoms with Gasteiger partial charge in [0.25, 0.3) is 5.56 Å². The second kappa shape index (κ2) is 8.68. The van der Waals surface area contributed by atoms with Crippen LogP contribution in [0.5, 0.6) is 0 Å². The molecule has 0 bridgehead atoms. The second-order valence-electron chi connectivity index (χ2n) is 5.97. The van der Waals surface area contributed by atoms with E-state index in [9.17, 15) is 23.9 Å². The van der Waals surface area contributed by atoms with Crippen molar-refractivity contribution in [2.45, 2.75) is 13.0 Å². The molecule has 11 heteroatoms. The predicted octanol–water partition coefficient (Wildman–Crippen LogP) is 2.78. The minimum atomic E-state index is -1.25. The fraction of sp³-hybridized carbons (Fsp3) is 0.222. The van der Waals surface area contributed by atoms with Gasteiger partial charge >= 0.3 is 5.97 Å². The summed E-state index contributed by atoms with van der Waals surface area (Å²) in [6, 6.07) is 3.68. The smallest absolute Gasteiger partial charge is 0.337 e. The second-order valence-corrected chi connectivity index (χ2v) is 7.24. The largest absolute Gasteiger partial charge is 0.478 e. The molecule has 3 rings (SSSR count). The Morgan fingerprint density at radius 3 is 2.83 bits per heavy atom. The van der Waals surface area contributed by atoms with Gasteiger partial charge in [0.15, 0.2) is 0 Å². The van der Waals surface area contributed by atoms with E-state index >= 15 is 0 Å². The van der Waals surface area contributed by atoms with Crippen LogP contribution >= 0.6 is 22.9 Å². The van der Waals surface area contributed by atoms with Gasteiger partial charge in [-0.1, -0.05) is 11.6 Å². The summed E-state index contributed by atoms with van der Waals surface area (Å²) in [5, 5.41) is 13.0. The van der Waals surface area contributed by atoms with Crippen LogP contribution in [0.3, 0.4) is 0 Å². The number of hydrogen-bond donors (Lipinski definition) is 2. The summed E-state index contributed by atoms with van der Waals surface area (Å²) >= 11 is 6.75. The third-order valence-corrected chi connectivity index (χ3v) is 5.20. The molecule has 0 atom stereocenters. The Morgan fingerprint density at radius 2 is 2.17 bits per heavy atom. The Kier molecular flexibility index (Phi) is 6.26. The molecule has 152 valence electrons. The lowest BCUT2D eigenvalue weighted by atomic mass is 10.2. The summed E-state index contributed by atoms with van der Waals surface area (Å²) in [6.07, 6.45) is 0.248. The van der Waals surface area contributed by atoms with Crippen LogP contribution in [0.2, 0.25) is 5.02 Å². The van der Waals surface area contributed by atoms with Crippen molar-refractivity contribution < 1.29 is 23.8 Å². The van der Waals surface area contributed by atoms with Gasteiger partial charge in [-0.2, -0.15) is 0 Å². The van der Waals surface area contributed by atoms with E-state index < -0.39 is 29.8 Å². The van der Waals surface area contributed by atoms with Gasteiger partial charge in [-0.05, 0) is 18.2 Å². The molecule has 0 aliphatic heterocycles. The molecule has 1 aromatic carbocycles. The van der Waals surface area contributed by atoms with E-state index in [0.717, 1.165) is 22.0 Å². The number of nitrogens with one attached hydrogen (secondary N) is 1. The van der Waals surface area contributed by atoms with Gasteiger partial charge in [0.2, 0.25) is 5.91 Å². The van der Waals surface area contributed by atoms with E-state index in [1.807, 2.05) is 0 Å². The average molecular weight is 440 g/mol. The maximum atomic E-state index is 13.3. The average Bonchev–Trinajstić information content (AvgIpc) is 3.10. The third-order valence-electron chi connectivity index (χ3n) is 4.04. The number of carboxylic acids is 1. The molecular weight excluding hydrogens is 425 g/mol. The number of anilines is 1. The van der Waals surface area contributed by atoms with Crippen molar-refractivity contribution >= 4 is 50.7 Å². The molecule has 0 spiro atoms. The van der Waals surface area contributed by atoms with Crippen LogP contribution < -0.4 is 10.9 Å². The molecule has 1 amide bonds. The predicted molar refractivity (Wildman–Crippen MR) is 106 cm³/mol. The summed E-state index contributed by atoms with van der Waals surface area (Å²) in [5.41, 5.74) is -0.545. The Morgan fingerprint density at radius 1 is 1.41 bits per heavy atom.